The molecule has 37 heavy (non-hydrogen) atoms. The van der Waals surface area contributed by atoms with Gasteiger partial charge in [-0.3, -0.25) is 9.69 Å². The number of carbonyl (C=O) groups excluding carboxylic acids is 1. The smallest absolute Gasteiger partial charge is 0.254 e. The quantitative estimate of drug-likeness (QED) is 0.299. The molecule has 8 heteroatoms. The van der Waals surface area contributed by atoms with E-state index in [1.54, 1.807) is 52.0 Å². The molecule has 0 aliphatic carbocycles. The Balaban J connectivity index is 1.49. The summed E-state index contributed by atoms with van der Waals surface area (Å²) in [6.45, 7) is 4.42. The highest BCUT2D eigenvalue weighted by Crippen LogP contribution is 2.28. The fourth-order valence-corrected chi connectivity index (χ4v) is 5.00. The minimum atomic E-state index is -0.341. The third-order valence-electron chi connectivity index (χ3n) is 6.71. The molecule has 1 amide bonds. The van der Waals surface area contributed by atoms with Crippen molar-refractivity contribution in [2.24, 2.45) is 0 Å². The first kappa shape index (κ1) is 25.1. The van der Waals surface area contributed by atoms with Crippen LogP contribution < -0.4 is 0 Å². The molecule has 0 N–H and O–H groups in total. The molecule has 5 nitrogen and oxygen atoms in total. The van der Waals surface area contributed by atoms with E-state index in [4.69, 9.17) is 16.7 Å². The van der Waals surface area contributed by atoms with Gasteiger partial charge in [-0.1, -0.05) is 41.9 Å². The minimum Gasteiger partial charge on any atom is -0.333 e. The molecule has 3 aromatic carbocycles. The zero-order valence-corrected chi connectivity index (χ0v) is 21.3. The van der Waals surface area contributed by atoms with Crippen molar-refractivity contribution in [2.45, 2.75) is 33.0 Å². The third kappa shape index (κ3) is 5.43. The van der Waals surface area contributed by atoms with Crippen molar-refractivity contribution in [3.05, 3.63) is 118 Å². The Labute approximate surface area is 219 Å². The summed E-state index contributed by atoms with van der Waals surface area (Å²) in [5, 5.41) is 5.37. The average molecular weight is 521 g/mol. The van der Waals surface area contributed by atoms with E-state index < -0.39 is 0 Å². The number of nitrogens with zero attached hydrogens (tertiary/aromatic N) is 4. The van der Waals surface area contributed by atoms with Crippen molar-refractivity contribution in [3.63, 3.8) is 0 Å². The summed E-state index contributed by atoms with van der Waals surface area (Å²) in [4.78, 5) is 17.2. The summed E-state index contributed by atoms with van der Waals surface area (Å²) in [7, 11) is 0. The molecule has 0 radical (unpaired) electrons. The summed E-state index contributed by atoms with van der Waals surface area (Å²) in [6, 6.07) is 20.0. The van der Waals surface area contributed by atoms with Gasteiger partial charge in [-0.05, 0) is 49.4 Å². The Kier molecular flexibility index (Phi) is 7.35. The van der Waals surface area contributed by atoms with Crippen molar-refractivity contribution < 1.29 is 13.6 Å². The number of carbonyl (C=O) groups is 1. The largest absolute Gasteiger partial charge is 0.333 e. The van der Waals surface area contributed by atoms with Gasteiger partial charge in [-0.2, -0.15) is 5.10 Å². The average Bonchev–Trinajstić information content (AvgIpc) is 3.26. The topological polar surface area (TPSA) is 41.4 Å². The van der Waals surface area contributed by atoms with Gasteiger partial charge in [0.1, 0.15) is 11.6 Å². The van der Waals surface area contributed by atoms with Crippen LogP contribution in [0.1, 0.15) is 39.8 Å². The Morgan fingerprint density at radius 2 is 1.86 bits per heavy atom. The number of rotatable bonds is 7. The van der Waals surface area contributed by atoms with Gasteiger partial charge in [-0.25, -0.2) is 13.5 Å². The predicted molar refractivity (Wildman–Crippen MR) is 140 cm³/mol. The lowest BCUT2D eigenvalue weighted by Gasteiger charge is -2.28. The Morgan fingerprint density at radius 3 is 2.62 bits per heavy atom. The van der Waals surface area contributed by atoms with E-state index in [9.17, 15) is 13.6 Å². The highest BCUT2D eigenvalue weighted by molar-refractivity contribution is 6.30. The Morgan fingerprint density at radius 1 is 1.05 bits per heavy atom. The van der Waals surface area contributed by atoms with Crippen LogP contribution in [0, 0.1) is 11.6 Å². The molecule has 0 saturated heterocycles. The maximum absolute atomic E-state index is 14.3. The fraction of sp³-hybridized carbons (Fsp3) is 0.241. The summed E-state index contributed by atoms with van der Waals surface area (Å²) >= 11 is 6.12. The Bertz CT molecular complexity index is 1440. The van der Waals surface area contributed by atoms with Gasteiger partial charge in [0, 0.05) is 54.3 Å². The van der Waals surface area contributed by atoms with E-state index in [0.29, 0.717) is 61.0 Å². The van der Waals surface area contributed by atoms with Crippen LogP contribution in [-0.2, 0) is 26.1 Å². The molecule has 0 fully saturated rings. The molecule has 1 aliphatic rings. The van der Waals surface area contributed by atoms with Crippen LogP contribution in [0.2, 0.25) is 5.02 Å². The molecule has 0 unspecified atom stereocenters. The molecule has 5 rings (SSSR count). The lowest BCUT2D eigenvalue weighted by molar-refractivity contribution is 0.0749. The normalized spacial score (nSPS) is 13.4. The van der Waals surface area contributed by atoms with Crippen LogP contribution in [0.15, 0.2) is 72.8 Å². The van der Waals surface area contributed by atoms with E-state index in [0.717, 1.165) is 17.0 Å². The summed E-state index contributed by atoms with van der Waals surface area (Å²) in [5.74, 6) is -0.710. The maximum atomic E-state index is 14.3. The summed E-state index contributed by atoms with van der Waals surface area (Å²) in [6.07, 6.45) is 0.668. The van der Waals surface area contributed by atoms with E-state index in [-0.39, 0.29) is 17.5 Å². The molecule has 1 aromatic heterocycles. The predicted octanol–water partition coefficient (Wildman–Crippen LogP) is 6.02. The second-order valence-corrected chi connectivity index (χ2v) is 9.58. The van der Waals surface area contributed by atoms with Gasteiger partial charge < -0.3 is 4.90 Å². The van der Waals surface area contributed by atoms with Crippen LogP contribution in [0.4, 0.5) is 8.78 Å². The molecule has 1 aliphatic heterocycles. The van der Waals surface area contributed by atoms with Crippen LogP contribution in [0.25, 0.3) is 5.69 Å². The van der Waals surface area contributed by atoms with E-state index in [1.807, 2.05) is 19.1 Å². The van der Waals surface area contributed by atoms with Gasteiger partial charge in [-0.15, -0.1) is 0 Å². The number of benzene rings is 3. The Hall–Kier alpha value is -3.55. The molecular formula is C29H27ClF2N4O. The number of fused-ring (bicyclic) bond motifs is 1. The maximum Gasteiger partial charge on any atom is 0.254 e. The first-order valence-electron chi connectivity index (χ1n) is 12.3. The molecular weight excluding hydrogens is 494 g/mol. The molecule has 2 heterocycles. The van der Waals surface area contributed by atoms with Gasteiger partial charge in [0.05, 0.1) is 23.6 Å². The number of aromatic nitrogens is 2. The van der Waals surface area contributed by atoms with Gasteiger partial charge in [0.25, 0.3) is 5.91 Å². The van der Waals surface area contributed by atoms with E-state index in [2.05, 4.69) is 4.90 Å². The zero-order valence-electron chi connectivity index (χ0n) is 20.5. The minimum absolute atomic E-state index is 0.141. The first-order valence-corrected chi connectivity index (χ1v) is 12.7. The fourth-order valence-electron chi connectivity index (χ4n) is 4.80. The number of amides is 1. The number of hydrogen-bond donors (Lipinski definition) is 0. The first-order chi connectivity index (χ1) is 17.9. The second kappa shape index (κ2) is 10.8. The van der Waals surface area contributed by atoms with Gasteiger partial charge >= 0.3 is 0 Å². The van der Waals surface area contributed by atoms with Crippen molar-refractivity contribution in [1.82, 2.24) is 19.6 Å². The molecule has 0 atom stereocenters. The zero-order chi connectivity index (χ0) is 25.9. The number of halogens is 3. The molecule has 0 saturated carbocycles. The van der Waals surface area contributed by atoms with Crippen molar-refractivity contribution in [1.29, 1.82) is 0 Å². The SMILES string of the molecule is CCN(Cc1nn(-c2cccc(F)c2)c2c1CN(Cc1ccccc1F)CC2)C(=O)c1cccc(Cl)c1. The molecule has 190 valence electrons. The second-order valence-electron chi connectivity index (χ2n) is 9.15. The van der Waals surface area contributed by atoms with Crippen LogP contribution in [0.5, 0.6) is 0 Å². The molecule has 4 aromatic rings. The highest BCUT2D eigenvalue weighted by atomic mass is 35.5. The molecule has 0 bridgehead atoms. The van der Waals surface area contributed by atoms with Crippen LogP contribution in [-0.4, -0.2) is 38.6 Å². The number of hydrogen-bond acceptors (Lipinski definition) is 3. The summed E-state index contributed by atoms with van der Waals surface area (Å²) < 4.78 is 30.2. The van der Waals surface area contributed by atoms with Crippen molar-refractivity contribution >= 4 is 17.5 Å². The van der Waals surface area contributed by atoms with Crippen LogP contribution >= 0.6 is 11.6 Å². The highest BCUT2D eigenvalue weighted by Gasteiger charge is 2.28. The summed E-state index contributed by atoms with van der Waals surface area (Å²) in [5.41, 5.74) is 4.50. The van der Waals surface area contributed by atoms with E-state index >= 15 is 0 Å². The third-order valence-corrected chi connectivity index (χ3v) is 6.94. The van der Waals surface area contributed by atoms with Gasteiger partial charge in [0.2, 0.25) is 0 Å². The monoisotopic (exact) mass is 520 g/mol. The van der Waals surface area contributed by atoms with Crippen molar-refractivity contribution in [2.75, 3.05) is 13.1 Å². The lowest BCUT2D eigenvalue weighted by atomic mass is 10.0. The van der Waals surface area contributed by atoms with Crippen LogP contribution in [0.3, 0.4) is 0 Å². The standard InChI is InChI=1S/C29H27ClF2N4O/c1-2-35(29(37)20-8-5-9-22(30)15-20)19-27-25-18-34(17-21-7-3-4-12-26(21)32)14-13-28(25)36(33-27)24-11-6-10-23(31)16-24/h3-12,15-16H,2,13-14,17-19H2,1H3. The van der Waals surface area contributed by atoms with E-state index in [1.165, 1.54) is 18.2 Å². The van der Waals surface area contributed by atoms with Crippen molar-refractivity contribution in [3.8, 4) is 5.69 Å². The lowest BCUT2D eigenvalue weighted by Crippen LogP contribution is -2.33. The molecule has 0 spiro atoms. The van der Waals surface area contributed by atoms with Gasteiger partial charge in [0.15, 0.2) is 0 Å².